The van der Waals surface area contributed by atoms with Crippen LogP contribution in [-0.2, 0) is 0 Å². The Bertz CT molecular complexity index is 213. The molecule has 3 rings (SSSR count). The summed E-state index contributed by atoms with van der Waals surface area (Å²) in [4.78, 5) is 0. The third kappa shape index (κ3) is 1.93. The average molecular weight is 209 g/mol. The summed E-state index contributed by atoms with van der Waals surface area (Å²) in [6.45, 7) is 4.96. The molecule has 3 saturated heterocycles. The lowest BCUT2D eigenvalue weighted by Crippen LogP contribution is -2.50. The van der Waals surface area contributed by atoms with Gasteiger partial charge in [0.2, 0.25) is 0 Å². The van der Waals surface area contributed by atoms with E-state index in [9.17, 15) is 0 Å². The van der Waals surface area contributed by atoms with Crippen molar-refractivity contribution in [3.63, 3.8) is 0 Å². The van der Waals surface area contributed by atoms with E-state index in [1.54, 1.807) is 0 Å². The van der Waals surface area contributed by atoms with Gasteiger partial charge in [-0.2, -0.15) is 0 Å². The minimum absolute atomic E-state index is 0.767. The van der Waals surface area contributed by atoms with Gasteiger partial charge in [-0.15, -0.1) is 0 Å². The van der Waals surface area contributed by atoms with Crippen molar-refractivity contribution in [3.8, 4) is 0 Å². The lowest BCUT2D eigenvalue weighted by atomic mass is 9.80. The average Bonchev–Trinajstić information content (AvgIpc) is 2.74. The molecule has 3 aliphatic rings. The predicted molar refractivity (Wildman–Crippen MR) is 61.9 cm³/mol. The standard InChI is InChI=1S/C12H23N3/c1-3-9(7-13-5-1)10-8-15-11-4-2-6-14-12(10)11/h9-15H,1-8H2. The van der Waals surface area contributed by atoms with Gasteiger partial charge in [-0.3, -0.25) is 0 Å². The Morgan fingerprint density at radius 2 is 1.80 bits per heavy atom. The molecule has 0 bridgehead atoms. The highest BCUT2D eigenvalue weighted by atomic mass is 15.1. The SMILES string of the molecule is C1CNCC(C2CNC3CCCNC32)C1. The third-order valence-corrected chi connectivity index (χ3v) is 4.52. The highest BCUT2D eigenvalue weighted by Gasteiger charge is 2.40. The lowest BCUT2D eigenvalue weighted by Gasteiger charge is -2.35. The normalized spacial score (nSPS) is 46.4. The minimum atomic E-state index is 0.767. The van der Waals surface area contributed by atoms with Gasteiger partial charge < -0.3 is 16.0 Å². The van der Waals surface area contributed by atoms with Gasteiger partial charge in [0.25, 0.3) is 0 Å². The number of hydrogen-bond donors (Lipinski definition) is 3. The number of hydrogen-bond acceptors (Lipinski definition) is 3. The van der Waals surface area contributed by atoms with E-state index in [-0.39, 0.29) is 0 Å². The molecule has 0 aromatic carbocycles. The zero-order valence-electron chi connectivity index (χ0n) is 9.47. The van der Waals surface area contributed by atoms with Crippen LogP contribution in [0.3, 0.4) is 0 Å². The Hall–Kier alpha value is -0.120. The fraction of sp³-hybridized carbons (Fsp3) is 1.00. The Morgan fingerprint density at radius 3 is 2.67 bits per heavy atom. The van der Waals surface area contributed by atoms with E-state index in [0.29, 0.717) is 0 Å². The molecule has 3 heteroatoms. The molecule has 0 amide bonds. The first kappa shape index (κ1) is 10.1. The van der Waals surface area contributed by atoms with Crippen LogP contribution in [0.4, 0.5) is 0 Å². The lowest BCUT2D eigenvalue weighted by molar-refractivity contribution is 0.219. The number of fused-ring (bicyclic) bond motifs is 1. The zero-order valence-corrected chi connectivity index (χ0v) is 9.47. The quantitative estimate of drug-likeness (QED) is 0.582. The van der Waals surface area contributed by atoms with Crippen LogP contribution in [0.5, 0.6) is 0 Å². The molecule has 0 radical (unpaired) electrons. The van der Waals surface area contributed by atoms with Crippen molar-refractivity contribution in [1.82, 2.24) is 16.0 Å². The molecule has 0 aromatic heterocycles. The van der Waals surface area contributed by atoms with E-state index in [4.69, 9.17) is 0 Å². The summed E-state index contributed by atoms with van der Waals surface area (Å²) in [7, 11) is 0. The second-order valence-electron chi connectivity index (χ2n) is 5.41. The van der Waals surface area contributed by atoms with E-state index < -0.39 is 0 Å². The van der Waals surface area contributed by atoms with Crippen LogP contribution < -0.4 is 16.0 Å². The van der Waals surface area contributed by atoms with Crippen LogP contribution in [0.2, 0.25) is 0 Å². The van der Waals surface area contributed by atoms with Gasteiger partial charge in [-0.25, -0.2) is 0 Å². The molecule has 86 valence electrons. The molecular formula is C12H23N3. The van der Waals surface area contributed by atoms with Crippen molar-refractivity contribution in [1.29, 1.82) is 0 Å². The predicted octanol–water partition coefficient (Wildman–Crippen LogP) is 0.326. The molecule has 15 heavy (non-hydrogen) atoms. The molecule has 0 spiro atoms. The van der Waals surface area contributed by atoms with Crippen LogP contribution in [0, 0.1) is 11.8 Å². The summed E-state index contributed by atoms with van der Waals surface area (Å²) in [5.74, 6) is 1.79. The van der Waals surface area contributed by atoms with Crippen molar-refractivity contribution >= 4 is 0 Å². The van der Waals surface area contributed by atoms with Crippen molar-refractivity contribution in [2.75, 3.05) is 26.2 Å². The Labute approximate surface area is 92.4 Å². The van der Waals surface area contributed by atoms with Gasteiger partial charge in [0, 0.05) is 18.6 Å². The van der Waals surface area contributed by atoms with Crippen LogP contribution in [0.25, 0.3) is 0 Å². The monoisotopic (exact) mass is 209 g/mol. The maximum absolute atomic E-state index is 3.74. The number of rotatable bonds is 1. The highest BCUT2D eigenvalue weighted by molar-refractivity contribution is 5.00. The van der Waals surface area contributed by atoms with Crippen molar-refractivity contribution in [2.24, 2.45) is 11.8 Å². The first-order valence-electron chi connectivity index (χ1n) is 6.62. The Morgan fingerprint density at radius 1 is 0.867 bits per heavy atom. The molecule has 3 aliphatic heterocycles. The number of piperidine rings is 2. The molecular weight excluding hydrogens is 186 g/mol. The largest absolute Gasteiger partial charge is 0.316 e. The van der Waals surface area contributed by atoms with Crippen LogP contribution in [0.1, 0.15) is 25.7 Å². The maximum atomic E-state index is 3.74. The first-order chi connectivity index (χ1) is 7.45. The summed E-state index contributed by atoms with van der Waals surface area (Å²) in [5.41, 5.74) is 0. The fourth-order valence-corrected chi connectivity index (χ4v) is 3.71. The van der Waals surface area contributed by atoms with Gasteiger partial charge in [0.05, 0.1) is 0 Å². The highest BCUT2D eigenvalue weighted by Crippen LogP contribution is 2.30. The van der Waals surface area contributed by atoms with Crippen molar-refractivity contribution < 1.29 is 0 Å². The molecule has 3 N–H and O–H groups in total. The van der Waals surface area contributed by atoms with E-state index in [2.05, 4.69) is 16.0 Å². The summed E-state index contributed by atoms with van der Waals surface area (Å²) in [5, 5.41) is 11.0. The second-order valence-corrected chi connectivity index (χ2v) is 5.41. The van der Waals surface area contributed by atoms with Crippen molar-refractivity contribution in [3.05, 3.63) is 0 Å². The van der Waals surface area contributed by atoms with E-state index in [0.717, 1.165) is 23.9 Å². The summed E-state index contributed by atoms with van der Waals surface area (Å²) in [6, 6.07) is 1.54. The molecule has 0 aliphatic carbocycles. The van der Waals surface area contributed by atoms with Crippen molar-refractivity contribution in [2.45, 2.75) is 37.8 Å². The van der Waals surface area contributed by atoms with Gasteiger partial charge >= 0.3 is 0 Å². The Kier molecular flexibility index (Phi) is 2.95. The molecule has 0 saturated carbocycles. The molecule has 4 atom stereocenters. The van der Waals surface area contributed by atoms with Gasteiger partial charge in [-0.05, 0) is 57.2 Å². The smallest absolute Gasteiger partial charge is 0.0264 e. The first-order valence-corrected chi connectivity index (χ1v) is 6.62. The molecule has 3 heterocycles. The summed E-state index contributed by atoms with van der Waals surface area (Å²) in [6.07, 6.45) is 5.54. The van der Waals surface area contributed by atoms with E-state index >= 15 is 0 Å². The zero-order chi connectivity index (χ0) is 10.1. The Balaban J connectivity index is 1.65. The topological polar surface area (TPSA) is 36.1 Å². The third-order valence-electron chi connectivity index (χ3n) is 4.52. The van der Waals surface area contributed by atoms with Gasteiger partial charge in [0.1, 0.15) is 0 Å². The van der Waals surface area contributed by atoms with Crippen LogP contribution >= 0.6 is 0 Å². The van der Waals surface area contributed by atoms with E-state index in [1.165, 1.54) is 51.9 Å². The maximum Gasteiger partial charge on any atom is 0.0264 e. The fourth-order valence-electron chi connectivity index (χ4n) is 3.71. The number of nitrogens with one attached hydrogen (secondary N) is 3. The minimum Gasteiger partial charge on any atom is -0.316 e. The van der Waals surface area contributed by atoms with Crippen LogP contribution in [0.15, 0.2) is 0 Å². The second kappa shape index (κ2) is 4.40. The molecule has 3 fully saturated rings. The summed E-state index contributed by atoms with van der Waals surface area (Å²) < 4.78 is 0. The molecule has 3 nitrogen and oxygen atoms in total. The summed E-state index contributed by atoms with van der Waals surface area (Å²) >= 11 is 0. The van der Waals surface area contributed by atoms with Crippen LogP contribution in [-0.4, -0.2) is 38.3 Å². The van der Waals surface area contributed by atoms with E-state index in [1.807, 2.05) is 0 Å². The molecule has 4 unspecified atom stereocenters. The van der Waals surface area contributed by atoms with Gasteiger partial charge in [-0.1, -0.05) is 0 Å². The van der Waals surface area contributed by atoms with Gasteiger partial charge in [0.15, 0.2) is 0 Å². The molecule has 0 aromatic rings.